The maximum absolute atomic E-state index is 12.4. The van der Waals surface area contributed by atoms with Gasteiger partial charge in [0.1, 0.15) is 6.04 Å². The van der Waals surface area contributed by atoms with Crippen molar-refractivity contribution < 1.29 is 24.5 Å². The van der Waals surface area contributed by atoms with Gasteiger partial charge in [-0.05, 0) is 6.54 Å². The molecule has 0 bridgehead atoms. The van der Waals surface area contributed by atoms with Crippen LogP contribution in [0.3, 0.4) is 0 Å². The van der Waals surface area contributed by atoms with Crippen LogP contribution >= 0.6 is 0 Å². The molecular formula is C12H20N2O5. The number of carboxylic acids is 1. The van der Waals surface area contributed by atoms with Gasteiger partial charge >= 0.3 is 5.97 Å². The van der Waals surface area contributed by atoms with Gasteiger partial charge in [-0.1, -0.05) is 6.92 Å². The Labute approximate surface area is 111 Å². The molecule has 0 aliphatic carbocycles. The standard InChI is InChI=1S/C12H20N2O5/c1-2-13-9-6-19-5-8(9)11(16)14-4-7(15)3-10(14)12(17)18/h7-10,13,15H,2-6H2,1H3,(H,17,18)/t7?,8?,9?,10-/m0/s1. The molecule has 108 valence electrons. The number of aliphatic hydroxyl groups is 1. The zero-order valence-corrected chi connectivity index (χ0v) is 10.9. The number of likely N-dealkylation sites (tertiary alicyclic amines) is 1. The van der Waals surface area contributed by atoms with Gasteiger partial charge in [0.05, 0.1) is 25.2 Å². The Balaban J connectivity index is 2.07. The highest BCUT2D eigenvalue weighted by atomic mass is 16.5. The van der Waals surface area contributed by atoms with Crippen molar-refractivity contribution >= 4 is 11.9 Å². The Morgan fingerprint density at radius 2 is 2.16 bits per heavy atom. The van der Waals surface area contributed by atoms with Crippen molar-refractivity contribution in [2.75, 3.05) is 26.3 Å². The number of carbonyl (C=O) groups excluding carboxylic acids is 1. The number of carboxylic acid groups (broad SMARTS) is 1. The monoisotopic (exact) mass is 272 g/mol. The van der Waals surface area contributed by atoms with Gasteiger partial charge in [0.2, 0.25) is 5.91 Å². The molecule has 0 aromatic rings. The molecule has 4 atom stereocenters. The lowest BCUT2D eigenvalue weighted by molar-refractivity contribution is -0.150. The van der Waals surface area contributed by atoms with Crippen LogP contribution < -0.4 is 5.32 Å². The summed E-state index contributed by atoms with van der Waals surface area (Å²) >= 11 is 0. The Bertz CT molecular complexity index is 362. The average Bonchev–Trinajstić information content (AvgIpc) is 2.95. The van der Waals surface area contributed by atoms with E-state index in [1.807, 2.05) is 6.92 Å². The number of β-amino-alcohol motifs (C(OH)–C–C–N with tert-alkyl or cyclic N) is 1. The topological polar surface area (TPSA) is 99.1 Å². The number of ether oxygens (including phenoxy) is 1. The van der Waals surface area contributed by atoms with Gasteiger partial charge < -0.3 is 25.2 Å². The molecule has 3 N–H and O–H groups in total. The van der Waals surface area contributed by atoms with E-state index in [-0.39, 0.29) is 30.8 Å². The van der Waals surface area contributed by atoms with Crippen molar-refractivity contribution in [1.82, 2.24) is 10.2 Å². The normalized spacial score (nSPS) is 34.7. The van der Waals surface area contributed by atoms with Gasteiger partial charge in [-0.15, -0.1) is 0 Å². The number of nitrogens with one attached hydrogen (secondary N) is 1. The van der Waals surface area contributed by atoms with Crippen LogP contribution in [0.15, 0.2) is 0 Å². The van der Waals surface area contributed by atoms with Gasteiger partial charge in [0.25, 0.3) is 0 Å². The van der Waals surface area contributed by atoms with E-state index in [1.54, 1.807) is 0 Å². The molecule has 7 nitrogen and oxygen atoms in total. The number of nitrogens with zero attached hydrogens (tertiary/aromatic N) is 1. The molecule has 3 unspecified atom stereocenters. The van der Waals surface area contributed by atoms with Crippen molar-refractivity contribution in [3.63, 3.8) is 0 Å². The van der Waals surface area contributed by atoms with Crippen LogP contribution in [0.4, 0.5) is 0 Å². The molecule has 2 saturated heterocycles. The summed E-state index contributed by atoms with van der Waals surface area (Å²) in [4.78, 5) is 24.8. The summed E-state index contributed by atoms with van der Waals surface area (Å²) in [5.41, 5.74) is 0. The molecule has 2 rings (SSSR count). The fourth-order valence-corrected chi connectivity index (χ4v) is 2.77. The van der Waals surface area contributed by atoms with E-state index in [9.17, 15) is 14.7 Å². The summed E-state index contributed by atoms with van der Waals surface area (Å²) < 4.78 is 5.31. The number of aliphatic hydroxyl groups excluding tert-OH is 1. The van der Waals surface area contributed by atoms with Crippen molar-refractivity contribution in [1.29, 1.82) is 0 Å². The lowest BCUT2D eigenvalue weighted by atomic mass is 10.0. The van der Waals surface area contributed by atoms with Crippen molar-refractivity contribution in [2.24, 2.45) is 5.92 Å². The maximum Gasteiger partial charge on any atom is 0.326 e. The quantitative estimate of drug-likeness (QED) is 0.585. The highest BCUT2D eigenvalue weighted by molar-refractivity contribution is 5.86. The third-order valence-corrected chi connectivity index (χ3v) is 3.71. The second kappa shape index (κ2) is 5.85. The largest absolute Gasteiger partial charge is 0.480 e. The Morgan fingerprint density at radius 3 is 2.79 bits per heavy atom. The van der Waals surface area contributed by atoms with E-state index >= 15 is 0 Å². The van der Waals surface area contributed by atoms with E-state index in [2.05, 4.69) is 5.32 Å². The zero-order valence-electron chi connectivity index (χ0n) is 10.9. The van der Waals surface area contributed by atoms with Crippen LogP contribution in [0.2, 0.25) is 0 Å². The first-order valence-corrected chi connectivity index (χ1v) is 6.57. The molecule has 0 aromatic heterocycles. The minimum Gasteiger partial charge on any atom is -0.480 e. The SMILES string of the molecule is CCNC1COCC1C(=O)N1CC(O)C[C@H]1C(=O)O. The van der Waals surface area contributed by atoms with Crippen molar-refractivity contribution in [2.45, 2.75) is 31.5 Å². The number of likely N-dealkylation sites (N-methyl/N-ethyl adjacent to an activating group) is 1. The van der Waals surface area contributed by atoms with E-state index < -0.39 is 18.1 Å². The molecule has 0 aromatic carbocycles. The molecule has 19 heavy (non-hydrogen) atoms. The van der Waals surface area contributed by atoms with Gasteiger partial charge in [-0.2, -0.15) is 0 Å². The number of hydrogen-bond donors (Lipinski definition) is 3. The third kappa shape index (κ3) is 2.88. The van der Waals surface area contributed by atoms with Gasteiger partial charge in [0, 0.05) is 19.0 Å². The summed E-state index contributed by atoms with van der Waals surface area (Å²) in [5, 5.41) is 21.9. The van der Waals surface area contributed by atoms with Crippen LogP contribution in [0.1, 0.15) is 13.3 Å². The van der Waals surface area contributed by atoms with Gasteiger partial charge in [-0.3, -0.25) is 4.79 Å². The lowest BCUT2D eigenvalue weighted by Crippen LogP contribution is -2.49. The van der Waals surface area contributed by atoms with Crippen LogP contribution in [0.5, 0.6) is 0 Å². The number of amides is 1. The predicted octanol–water partition coefficient (Wildman–Crippen LogP) is -1.34. The fraction of sp³-hybridized carbons (Fsp3) is 0.833. The number of hydrogen-bond acceptors (Lipinski definition) is 5. The second-order valence-corrected chi connectivity index (χ2v) is 5.04. The van der Waals surface area contributed by atoms with Crippen molar-refractivity contribution in [3.8, 4) is 0 Å². The predicted molar refractivity (Wildman–Crippen MR) is 65.5 cm³/mol. The van der Waals surface area contributed by atoms with E-state index in [1.165, 1.54) is 4.90 Å². The van der Waals surface area contributed by atoms with Crippen molar-refractivity contribution in [3.05, 3.63) is 0 Å². The highest BCUT2D eigenvalue weighted by Gasteiger charge is 2.44. The zero-order chi connectivity index (χ0) is 14.0. The highest BCUT2D eigenvalue weighted by Crippen LogP contribution is 2.24. The second-order valence-electron chi connectivity index (χ2n) is 5.04. The van der Waals surface area contributed by atoms with Gasteiger partial charge in [0.15, 0.2) is 0 Å². The van der Waals surface area contributed by atoms with E-state index in [0.717, 1.165) is 6.54 Å². The van der Waals surface area contributed by atoms with Crippen LogP contribution in [-0.2, 0) is 14.3 Å². The van der Waals surface area contributed by atoms with E-state index in [0.29, 0.717) is 13.2 Å². The molecular weight excluding hydrogens is 252 g/mol. The first-order chi connectivity index (χ1) is 9.04. The molecule has 1 amide bonds. The number of rotatable bonds is 4. The molecule has 2 heterocycles. The summed E-state index contributed by atoms with van der Waals surface area (Å²) in [6.07, 6.45) is -0.662. The average molecular weight is 272 g/mol. The molecule has 0 spiro atoms. The Hall–Kier alpha value is -1.18. The number of aliphatic carboxylic acids is 1. The smallest absolute Gasteiger partial charge is 0.326 e. The summed E-state index contributed by atoms with van der Waals surface area (Å²) in [6, 6.07) is -1.00. The Morgan fingerprint density at radius 1 is 1.42 bits per heavy atom. The molecule has 2 aliphatic rings. The Kier molecular flexibility index (Phi) is 4.38. The summed E-state index contributed by atoms with van der Waals surface area (Å²) in [5.74, 6) is -1.68. The summed E-state index contributed by atoms with van der Waals surface area (Å²) in [7, 11) is 0. The lowest BCUT2D eigenvalue weighted by Gasteiger charge is -2.26. The molecule has 2 fully saturated rings. The molecule has 7 heteroatoms. The first-order valence-electron chi connectivity index (χ1n) is 6.57. The van der Waals surface area contributed by atoms with Crippen LogP contribution in [-0.4, -0.2) is 71.5 Å². The third-order valence-electron chi connectivity index (χ3n) is 3.71. The van der Waals surface area contributed by atoms with Crippen LogP contribution in [0, 0.1) is 5.92 Å². The molecule has 0 saturated carbocycles. The van der Waals surface area contributed by atoms with Crippen LogP contribution in [0.25, 0.3) is 0 Å². The summed E-state index contributed by atoms with van der Waals surface area (Å²) in [6.45, 7) is 3.52. The number of carbonyl (C=O) groups is 2. The minimum absolute atomic E-state index is 0.0790. The fourth-order valence-electron chi connectivity index (χ4n) is 2.77. The van der Waals surface area contributed by atoms with Gasteiger partial charge in [-0.25, -0.2) is 4.79 Å². The molecule has 0 radical (unpaired) electrons. The first kappa shape index (κ1) is 14.2. The minimum atomic E-state index is -1.07. The molecule has 2 aliphatic heterocycles. The maximum atomic E-state index is 12.4. The van der Waals surface area contributed by atoms with E-state index in [4.69, 9.17) is 9.84 Å².